The van der Waals surface area contributed by atoms with Gasteiger partial charge in [-0.05, 0) is 24.3 Å². The largest absolute Gasteiger partial charge is 0.504 e. The number of methoxy groups -OCH3 is 1. The van der Waals surface area contributed by atoms with Crippen LogP contribution < -0.4 is 10.1 Å². The van der Waals surface area contributed by atoms with E-state index in [2.05, 4.69) is 10.3 Å². The monoisotopic (exact) mass is 329 g/mol. The fourth-order valence-corrected chi connectivity index (χ4v) is 2.34. The Morgan fingerprint density at radius 3 is 2.79 bits per heavy atom. The highest BCUT2D eigenvalue weighted by molar-refractivity contribution is 5.99. The first kappa shape index (κ1) is 15.5. The van der Waals surface area contributed by atoms with E-state index in [4.69, 9.17) is 4.74 Å². The molecule has 2 N–H and O–H groups in total. The number of nitrogens with one attached hydrogen (secondary N) is 1. The van der Waals surface area contributed by atoms with Gasteiger partial charge < -0.3 is 15.2 Å². The first-order chi connectivity index (χ1) is 11.5. The number of nitrogens with zero attached hydrogens (tertiary/aromatic N) is 2. The van der Waals surface area contributed by atoms with E-state index in [9.17, 15) is 19.6 Å². The topological polar surface area (TPSA) is 97.5 Å². The van der Waals surface area contributed by atoms with Crippen molar-refractivity contribution < 1.29 is 19.2 Å². The lowest BCUT2D eigenvalue weighted by molar-refractivity contribution is -0.384. The van der Waals surface area contributed by atoms with Crippen molar-refractivity contribution >= 4 is 28.0 Å². The second kappa shape index (κ2) is 5.99. The summed E-state index contributed by atoms with van der Waals surface area (Å²) in [5, 5.41) is 24.4. The molecule has 0 aliphatic heterocycles. The number of hydrogen-bond donors (Lipinski definition) is 2. The minimum Gasteiger partial charge on any atom is -0.504 e. The quantitative estimate of drug-likeness (QED) is 0.559. The first-order valence-corrected chi connectivity index (χ1v) is 6.86. The second-order valence-corrected chi connectivity index (χ2v) is 4.95. The number of rotatable bonds is 4. The molecule has 0 atom stereocenters. The molecule has 7 nitrogen and oxygen atoms in total. The van der Waals surface area contributed by atoms with Gasteiger partial charge in [0.1, 0.15) is 17.7 Å². The summed E-state index contributed by atoms with van der Waals surface area (Å²) in [6.07, 6.45) is 1.10. The normalized spacial score (nSPS) is 10.6. The molecule has 0 aliphatic carbocycles. The van der Waals surface area contributed by atoms with E-state index in [0.29, 0.717) is 16.6 Å². The minimum atomic E-state index is -0.602. The molecule has 0 spiro atoms. The van der Waals surface area contributed by atoms with Crippen LogP contribution in [-0.2, 0) is 0 Å². The zero-order valence-electron chi connectivity index (χ0n) is 12.5. The van der Waals surface area contributed by atoms with Crippen LogP contribution in [0.15, 0.2) is 42.6 Å². The number of aromatic nitrogens is 1. The first-order valence-electron chi connectivity index (χ1n) is 6.86. The van der Waals surface area contributed by atoms with E-state index in [-0.39, 0.29) is 22.9 Å². The van der Waals surface area contributed by atoms with Gasteiger partial charge in [0.15, 0.2) is 11.5 Å². The molecule has 0 fully saturated rings. The molecular weight excluding hydrogens is 317 g/mol. The smallest absolute Gasteiger partial charge is 0.311 e. The Morgan fingerprint density at radius 1 is 1.33 bits per heavy atom. The summed E-state index contributed by atoms with van der Waals surface area (Å²) in [7, 11) is 1.39. The van der Waals surface area contributed by atoms with Gasteiger partial charge in [-0.2, -0.15) is 0 Å². The van der Waals surface area contributed by atoms with Crippen molar-refractivity contribution in [1.29, 1.82) is 0 Å². The molecule has 8 heteroatoms. The molecule has 0 saturated carbocycles. The fourth-order valence-electron chi connectivity index (χ4n) is 2.34. The lowest BCUT2D eigenvalue weighted by Crippen LogP contribution is -2.00. The molecule has 0 bridgehead atoms. The number of pyridine rings is 1. The van der Waals surface area contributed by atoms with Crippen molar-refractivity contribution in [1.82, 2.24) is 4.98 Å². The molecule has 0 saturated heterocycles. The Morgan fingerprint density at radius 2 is 2.12 bits per heavy atom. The number of ether oxygens (including phenoxy) is 1. The number of benzene rings is 2. The average molecular weight is 329 g/mol. The average Bonchev–Trinajstić information content (AvgIpc) is 2.54. The summed E-state index contributed by atoms with van der Waals surface area (Å²) in [6, 6.07) is 8.30. The molecule has 0 unspecified atom stereocenters. The molecule has 2 aromatic carbocycles. The molecule has 3 rings (SSSR count). The van der Waals surface area contributed by atoms with Crippen LogP contribution >= 0.6 is 0 Å². The van der Waals surface area contributed by atoms with E-state index in [0.717, 1.165) is 6.20 Å². The molecule has 3 aromatic rings. The van der Waals surface area contributed by atoms with Crippen LogP contribution in [0.1, 0.15) is 0 Å². The van der Waals surface area contributed by atoms with E-state index >= 15 is 0 Å². The number of anilines is 2. The number of hydrogen-bond acceptors (Lipinski definition) is 6. The van der Waals surface area contributed by atoms with Crippen LogP contribution in [0, 0.1) is 15.9 Å². The summed E-state index contributed by atoms with van der Waals surface area (Å²) >= 11 is 0. The van der Waals surface area contributed by atoms with Gasteiger partial charge in [-0.25, -0.2) is 9.37 Å². The molecule has 122 valence electrons. The Kier molecular flexibility index (Phi) is 3.87. The van der Waals surface area contributed by atoms with Crippen molar-refractivity contribution in [2.24, 2.45) is 0 Å². The number of halogens is 1. The lowest BCUT2D eigenvalue weighted by Gasteiger charge is -2.12. The van der Waals surface area contributed by atoms with Gasteiger partial charge in [-0.3, -0.25) is 10.1 Å². The number of phenols is 1. The Bertz CT molecular complexity index is 946. The highest BCUT2D eigenvalue weighted by Crippen LogP contribution is 2.39. The molecule has 0 radical (unpaired) electrons. The summed E-state index contributed by atoms with van der Waals surface area (Å²) in [5.41, 5.74) is 0.528. The van der Waals surface area contributed by atoms with Crippen LogP contribution in [-0.4, -0.2) is 22.1 Å². The van der Waals surface area contributed by atoms with Crippen molar-refractivity contribution in [2.75, 3.05) is 12.4 Å². The molecule has 0 aliphatic rings. The maximum atomic E-state index is 13.4. The van der Waals surface area contributed by atoms with Crippen LogP contribution in [0.5, 0.6) is 11.5 Å². The van der Waals surface area contributed by atoms with Crippen molar-refractivity contribution in [2.45, 2.75) is 0 Å². The van der Waals surface area contributed by atoms with Crippen molar-refractivity contribution in [3.05, 3.63) is 58.5 Å². The fraction of sp³-hybridized carbons (Fsp3) is 0.0625. The Labute approximate surface area is 135 Å². The summed E-state index contributed by atoms with van der Waals surface area (Å²) in [6.45, 7) is 0. The molecule has 1 heterocycles. The van der Waals surface area contributed by atoms with Crippen LogP contribution in [0.3, 0.4) is 0 Å². The maximum absolute atomic E-state index is 13.4. The third kappa shape index (κ3) is 2.76. The van der Waals surface area contributed by atoms with Gasteiger partial charge in [0.05, 0.1) is 17.5 Å². The number of nitro groups is 1. The van der Waals surface area contributed by atoms with Crippen LogP contribution in [0.25, 0.3) is 10.9 Å². The maximum Gasteiger partial charge on any atom is 0.311 e. The minimum absolute atomic E-state index is 0.105. The van der Waals surface area contributed by atoms with Crippen molar-refractivity contribution in [3.8, 4) is 11.5 Å². The van der Waals surface area contributed by atoms with Crippen LogP contribution in [0.2, 0.25) is 0 Å². The third-order valence-corrected chi connectivity index (χ3v) is 3.44. The third-order valence-electron chi connectivity index (χ3n) is 3.44. The van der Waals surface area contributed by atoms with Gasteiger partial charge in [0.2, 0.25) is 0 Å². The van der Waals surface area contributed by atoms with E-state index in [1.54, 1.807) is 6.07 Å². The Balaban J connectivity index is 2.23. The highest BCUT2D eigenvalue weighted by atomic mass is 19.1. The Hall–Kier alpha value is -3.42. The van der Waals surface area contributed by atoms with E-state index in [1.807, 2.05) is 0 Å². The van der Waals surface area contributed by atoms with E-state index in [1.165, 1.54) is 37.4 Å². The van der Waals surface area contributed by atoms with Gasteiger partial charge in [0, 0.05) is 17.1 Å². The molecular formula is C16H12FN3O4. The second-order valence-electron chi connectivity index (χ2n) is 4.95. The van der Waals surface area contributed by atoms with Gasteiger partial charge in [0.25, 0.3) is 0 Å². The van der Waals surface area contributed by atoms with E-state index < -0.39 is 10.7 Å². The molecule has 1 aromatic heterocycles. The molecule has 0 amide bonds. The highest BCUT2D eigenvalue weighted by Gasteiger charge is 2.20. The zero-order valence-corrected chi connectivity index (χ0v) is 12.5. The number of fused-ring (bicyclic) bond motifs is 1. The predicted octanol–water partition coefficient (Wildman–Crippen LogP) is 3.74. The van der Waals surface area contributed by atoms with Gasteiger partial charge in [-0.15, -0.1) is 0 Å². The van der Waals surface area contributed by atoms with Crippen molar-refractivity contribution in [3.63, 3.8) is 0 Å². The molecule has 24 heavy (non-hydrogen) atoms. The standard InChI is InChI=1S/C16H12FN3O4/c1-24-15-7-12-11(6-14(15)21)16(13(8-18-12)20(22)23)19-10-4-2-3-9(17)5-10/h2-8,21H,1H3,(H,18,19). The number of aromatic hydroxyl groups is 1. The summed E-state index contributed by atoms with van der Waals surface area (Å²) < 4.78 is 18.4. The summed E-state index contributed by atoms with van der Waals surface area (Å²) in [5.74, 6) is -0.472. The summed E-state index contributed by atoms with van der Waals surface area (Å²) in [4.78, 5) is 14.7. The SMILES string of the molecule is COc1cc2ncc([N+](=O)[O-])c(Nc3cccc(F)c3)c2cc1O. The van der Waals surface area contributed by atoms with Gasteiger partial charge in [-0.1, -0.05) is 6.07 Å². The number of phenolic OH excluding ortho intramolecular Hbond substituents is 1. The zero-order chi connectivity index (χ0) is 17.3. The van der Waals surface area contributed by atoms with Gasteiger partial charge >= 0.3 is 5.69 Å². The lowest BCUT2D eigenvalue weighted by atomic mass is 10.1. The predicted molar refractivity (Wildman–Crippen MR) is 86.3 cm³/mol. The van der Waals surface area contributed by atoms with Crippen LogP contribution in [0.4, 0.5) is 21.5 Å².